The van der Waals surface area contributed by atoms with Crippen LogP contribution in [0.1, 0.15) is 113 Å². The SMILES string of the molecule is CC1(C)CC[C@]2(C(=O)O)CC[C@@](C)([C@]3(C)CC[C@H]4C(C)(C)C(=O)CC[C@]4(C)[C@H]3CC(=O)O)C(=O)[C@@H]2C1. The fraction of sp³-hybridized carbons (Fsp3) is 0.867. The second kappa shape index (κ2) is 8.14. The van der Waals surface area contributed by atoms with Gasteiger partial charge >= 0.3 is 11.9 Å². The van der Waals surface area contributed by atoms with Crippen molar-refractivity contribution >= 4 is 23.5 Å². The van der Waals surface area contributed by atoms with Crippen LogP contribution in [0, 0.1) is 50.2 Å². The minimum Gasteiger partial charge on any atom is -0.481 e. The second-order valence-electron chi connectivity index (χ2n) is 14.9. The van der Waals surface area contributed by atoms with E-state index in [1.54, 1.807) is 0 Å². The Morgan fingerprint density at radius 1 is 0.861 bits per heavy atom. The van der Waals surface area contributed by atoms with E-state index in [0.717, 1.165) is 12.8 Å². The summed E-state index contributed by atoms with van der Waals surface area (Å²) in [6.07, 6.45) is 5.34. The largest absolute Gasteiger partial charge is 0.481 e. The first kappa shape index (κ1) is 27.3. The van der Waals surface area contributed by atoms with E-state index in [-0.39, 0.29) is 40.7 Å². The molecule has 0 heterocycles. The summed E-state index contributed by atoms with van der Waals surface area (Å²) in [4.78, 5) is 52.4. The molecule has 0 aromatic heterocycles. The number of carbonyl (C=O) groups excluding carboxylic acids is 2. The first-order chi connectivity index (χ1) is 16.4. The predicted octanol–water partition coefficient (Wildman–Crippen LogP) is 6.16. The number of ketones is 2. The highest BCUT2D eigenvalue weighted by molar-refractivity contribution is 5.94. The van der Waals surface area contributed by atoms with E-state index in [1.165, 1.54) is 0 Å². The van der Waals surface area contributed by atoms with E-state index < -0.39 is 39.5 Å². The number of aliphatic carboxylic acids is 2. The summed E-state index contributed by atoms with van der Waals surface area (Å²) in [5, 5.41) is 20.4. The fourth-order valence-corrected chi connectivity index (χ4v) is 9.78. The molecule has 6 heteroatoms. The van der Waals surface area contributed by atoms with Crippen LogP contribution in [0.25, 0.3) is 0 Å². The lowest BCUT2D eigenvalue weighted by Gasteiger charge is -2.67. The Balaban J connectivity index is 1.81. The first-order valence-electron chi connectivity index (χ1n) is 13.9. The summed E-state index contributed by atoms with van der Waals surface area (Å²) >= 11 is 0. The third kappa shape index (κ3) is 3.55. The molecule has 0 aromatic carbocycles. The summed E-state index contributed by atoms with van der Waals surface area (Å²) in [6.45, 7) is 14.6. The number of carboxylic acid groups (broad SMARTS) is 2. The van der Waals surface area contributed by atoms with Crippen molar-refractivity contribution in [3.8, 4) is 0 Å². The second-order valence-corrected chi connectivity index (χ2v) is 14.9. The van der Waals surface area contributed by atoms with Gasteiger partial charge in [0.15, 0.2) is 0 Å². The molecule has 4 rings (SSSR count). The molecule has 2 N–H and O–H groups in total. The first-order valence-corrected chi connectivity index (χ1v) is 13.9. The third-order valence-electron chi connectivity index (χ3n) is 12.5. The fourth-order valence-electron chi connectivity index (χ4n) is 9.78. The van der Waals surface area contributed by atoms with Gasteiger partial charge in [-0.15, -0.1) is 0 Å². The highest BCUT2D eigenvalue weighted by Gasteiger charge is 2.69. The van der Waals surface area contributed by atoms with Crippen molar-refractivity contribution in [2.75, 3.05) is 0 Å². The monoisotopic (exact) mass is 502 g/mol. The minimum absolute atomic E-state index is 0.0309. The Hall–Kier alpha value is -1.72. The predicted molar refractivity (Wildman–Crippen MR) is 136 cm³/mol. The van der Waals surface area contributed by atoms with E-state index in [4.69, 9.17) is 0 Å². The molecule has 0 aliphatic heterocycles. The number of hydrogen-bond donors (Lipinski definition) is 2. The zero-order valence-corrected chi connectivity index (χ0v) is 23.3. The molecule has 4 aliphatic carbocycles. The quantitative estimate of drug-likeness (QED) is 0.477. The normalized spacial score (nSPS) is 45.9. The van der Waals surface area contributed by atoms with E-state index in [9.17, 15) is 29.4 Å². The number of carbonyl (C=O) groups is 4. The van der Waals surface area contributed by atoms with Crippen LogP contribution in [0.15, 0.2) is 0 Å². The summed E-state index contributed by atoms with van der Waals surface area (Å²) in [5.41, 5.74) is -3.39. The van der Waals surface area contributed by atoms with Crippen LogP contribution in [0.5, 0.6) is 0 Å². The van der Waals surface area contributed by atoms with Gasteiger partial charge in [0, 0.05) is 29.6 Å². The molecule has 0 spiro atoms. The molecule has 4 fully saturated rings. The number of Topliss-reactive ketones (excluding diaryl/α,β-unsaturated/α-hetero) is 2. The number of fused-ring (bicyclic) bond motifs is 2. The Labute approximate surface area is 216 Å². The van der Waals surface area contributed by atoms with E-state index >= 15 is 0 Å². The molecule has 202 valence electrons. The Kier molecular flexibility index (Phi) is 6.18. The van der Waals surface area contributed by atoms with Gasteiger partial charge in [-0.3, -0.25) is 19.2 Å². The van der Waals surface area contributed by atoms with Crippen molar-refractivity contribution < 1.29 is 29.4 Å². The van der Waals surface area contributed by atoms with Gasteiger partial charge in [-0.25, -0.2) is 0 Å². The summed E-state index contributed by atoms with van der Waals surface area (Å²) in [5.74, 6) is -2.18. The van der Waals surface area contributed by atoms with Crippen molar-refractivity contribution in [3.63, 3.8) is 0 Å². The maximum absolute atomic E-state index is 14.6. The Bertz CT molecular complexity index is 995. The van der Waals surface area contributed by atoms with Crippen LogP contribution in [-0.2, 0) is 19.2 Å². The molecule has 4 aliphatic rings. The summed E-state index contributed by atoms with van der Waals surface area (Å²) in [7, 11) is 0. The zero-order valence-electron chi connectivity index (χ0n) is 23.3. The van der Waals surface area contributed by atoms with Crippen LogP contribution in [0.4, 0.5) is 0 Å². The maximum Gasteiger partial charge on any atom is 0.310 e. The lowest BCUT2D eigenvalue weighted by atomic mass is 9.36. The van der Waals surface area contributed by atoms with Crippen LogP contribution in [-0.4, -0.2) is 33.7 Å². The average molecular weight is 503 g/mol. The van der Waals surface area contributed by atoms with Gasteiger partial charge < -0.3 is 10.2 Å². The smallest absolute Gasteiger partial charge is 0.310 e. The summed E-state index contributed by atoms with van der Waals surface area (Å²) < 4.78 is 0. The Morgan fingerprint density at radius 3 is 2.06 bits per heavy atom. The standard InChI is InChI=1S/C30H46O6/c1-25(2)12-14-30(24(35)36)15-13-29(7,23(34)18(30)17-25)28(6)11-8-19-26(3,4)21(31)9-10-27(19,5)20(28)16-22(32)33/h18-20H,8-17H2,1-7H3,(H,32,33)(H,35,36)/t18-,19-,20+,27-,28+,29+,30-/m0/s1. The van der Waals surface area contributed by atoms with Gasteiger partial charge in [-0.05, 0) is 79.4 Å². The third-order valence-corrected chi connectivity index (χ3v) is 12.5. The molecule has 7 atom stereocenters. The molecule has 0 bridgehead atoms. The van der Waals surface area contributed by atoms with E-state index in [2.05, 4.69) is 27.7 Å². The van der Waals surface area contributed by atoms with Crippen molar-refractivity contribution in [3.05, 3.63) is 0 Å². The molecule has 36 heavy (non-hydrogen) atoms. The van der Waals surface area contributed by atoms with Crippen LogP contribution >= 0.6 is 0 Å². The average Bonchev–Trinajstić information content (AvgIpc) is 2.76. The molecular weight excluding hydrogens is 456 g/mol. The van der Waals surface area contributed by atoms with Gasteiger partial charge in [0.1, 0.15) is 11.6 Å². The molecule has 0 aromatic rings. The van der Waals surface area contributed by atoms with Crippen LogP contribution < -0.4 is 0 Å². The number of carboxylic acids is 2. The van der Waals surface area contributed by atoms with Gasteiger partial charge in [-0.1, -0.05) is 48.5 Å². The van der Waals surface area contributed by atoms with Crippen molar-refractivity contribution in [1.82, 2.24) is 0 Å². The van der Waals surface area contributed by atoms with Crippen molar-refractivity contribution in [2.24, 2.45) is 50.2 Å². The van der Waals surface area contributed by atoms with Gasteiger partial charge in [0.2, 0.25) is 0 Å². The minimum atomic E-state index is -1.01. The summed E-state index contributed by atoms with van der Waals surface area (Å²) in [6, 6.07) is 0. The highest BCUT2D eigenvalue weighted by Crippen LogP contribution is 2.71. The molecule has 0 saturated heterocycles. The molecule has 6 nitrogen and oxygen atoms in total. The lowest BCUT2D eigenvalue weighted by molar-refractivity contribution is -0.203. The van der Waals surface area contributed by atoms with Crippen LogP contribution in [0.2, 0.25) is 0 Å². The molecule has 0 unspecified atom stereocenters. The van der Waals surface area contributed by atoms with Gasteiger partial charge in [0.25, 0.3) is 0 Å². The Morgan fingerprint density at radius 2 is 1.47 bits per heavy atom. The number of hydrogen-bond acceptors (Lipinski definition) is 4. The molecule has 4 saturated carbocycles. The molecule has 0 radical (unpaired) electrons. The highest BCUT2D eigenvalue weighted by atomic mass is 16.4. The van der Waals surface area contributed by atoms with Gasteiger partial charge in [0.05, 0.1) is 5.41 Å². The molecular formula is C30H46O6. The lowest BCUT2D eigenvalue weighted by Crippen LogP contribution is -2.66. The van der Waals surface area contributed by atoms with Gasteiger partial charge in [-0.2, -0.15) is 0 Å². The van der Waals surface area contributed by atoms with E-state index in [1.807, 2.05) is 20.8 Å². The maximum atomic E-state index is 14.6. The van der Waals surface area contributed by atoms with Crippen molar-refractivity contribution in [1.29, 1.82) is 0 Å². The van der Waals surface area contributed by atoms with Crippen LogP contribution in [0.3, 0.4) is 0 Å². The van der Waals surface area contributed by atoms with E-state index in [0.29, 0.717) is 44.9 Å². The topological polar surface area (TPSA) is 109 Å². The van der Waals surface area contributed by atoms with Crippen molar-refractivity contribution in [2.45, 2.75) is 113 Å². The number of rotatable bonds is 4. The molecule has 0 amide bonds. The zero-order chi connectivity index (χ0) is 27.1.